The van der Waals surface area contributed by atoms with E-state index in [0.717, 1.165) is 19.3 Å². The van der Waals surface area contributed by atoms with Crippen molar-refractivity contribution in [3.05, 3.63) is 0 Å². The van der Waals surface area contributed by atoms with E-state index in [9.17, 15) is 9.59 Å². The molecule has 0 bridgehead atoms. The zero-order chi connectivity index (χ0) is 13.9. The van der Waals surface area contributed by atoms with Crippen LogP contribution >= 0.6 is 0 Å². The summed E-state index contributed by atoms with van der Waals surface area (Å²) in [6, 6.07) is -0.661. The number of hydrogen-bond acceptors (Lipinski definition) is 2. The molecule has 0 aliphatic carbocycles. The first-order valence-electron chi connectivity index (χ1n) is 6.87. The molecule has 0 radical (unpaired) electrons. The number of amides is 2. The second-order valence-electron chi connectivity index (χ2n) is 6.37. The number of nitrogens with zero attached hydrogens (tertiary/aromatic N) is 1. The molecule has 2 atom stereocenters. The third kappa shape index (κ3) is 3.72. The molecule has 0 saturated carbocycles. The molecule has 4 heteroatoms. The van der Waals surface area contributed by atoms with E-state index in [0.29, 0.717) is 6.54 Å². The van der Waals surface area contributed by atoms with Crippen molar-refractivity contribution in [1.82, 2.24) is 10.2 Å². The minimum Gasteiger partial charge on any atom is -0.343 e. The summed E-state index contributed by atoms with van der Waals surface area (Å²) in [4.78, 5) is 25.9. The molecule has 2 amide bonds. The van der Waals surface area contributed by atoms with Crippen molar-refractivity contribution in [2.24, 2.45) is 5.41 Å². The standard InChI is InChI=1S/C14H26N2O2/c1-6-7-11-13(18)16(9-8-14(3,4)5)10(2)12(17)15-11/h10-11H,6-9H2,1-5H3,(H,15,17). The van der Waals surface area contributed by atoms with Gasteiger partial charge in [-0.15, -0.1) is 0 Å². The predicted octanol–water partition coefficient (Wildman–Crippen LogP) is 1.94. The highest BCUT2D eigenvalue weighted by Crippen LogP contribution is 2.21. The lowest BCUT2D eigenvalue weighted by molar-refractivity contribution is -0.149. The monoisotopic (exact) mass is 254 g/mol. The quantitative estimate of drug-likeness (QED) is 0.833. The molecule has 0 aromatic rings. The molecule has 2 unspecified atom stereocenters. The van der Waals surface area contributed by atoms with Crippen LogP contribution in [0.3, 0.4) is 0 Å². The second-order valence-corrected chi connectivity index (χ2v) is 6.37. The minimum atomic E-state index is -0.340. The van der Waals surface area contributed by atoms with Crippen LogP contribution in [-0.2, 0) is 9.59 Å². The normalized spacial score (nSPS) is 25.3. The maximum atomic E-state index is 12.3. The van der Waals surface area contributed by atoms with Crippen molar-refractivity contribution in [1.29, 1.82) is 0 Å². The summed E-state index contributed by atoms with van der Waals surface area (Å²) in [7, 11) is 0. The number of piperazine rings is 1. The SMILES string of the molecule is CCCC1NC(=O)C(C)N(CCC(C)(C)C)C1=O. The first-order valence-corrected chi connectivity index (χ1v) is 6.87. The van der Waals surface area contributed by atoms with Crippen LogP contribution in [0.1, 0.15) is 53.9 Å². The van der Waals surface area contributed by atoms with Gasteiger partial charge in [-0.3, -0.25) is 9.59 Å². The third-order valence-corrected chi connectivity index (χ3v) is 3.42. The molecule has 0 aromatic carbocycles. The fourth-order valence-corrected chi connectivity index (χ4v) is 2.13. The number of hydrogen-bond donors (Lipinski definition) is 1. The van der Waals surface area contributed by atoms with Gasteiger partial charge in [-0.05, 0) is 25.2 Å². The molecule has 1 heterocycles. The molecular weight excluding hydrogens is 228 g/mol. The lowest BCUT2D eigenvalue weighted by atomic mass is 9.91. The van der Waals surface area contributed by atoms with E-state index < -0.39 is 0 Å². The van der Waals surface area contributed by atoms with Crippen LogP contribution in [0.5, 0.6) is 0 Å². The number of carbonyl (C=O) groups is 2. The first-order chi connectivity index (χ1) is 8.26. The molecule has 0 spiro atoms. The summed E-state index contributed by atoms with van der Waals surface area (Å²) in [5.74, 6) is 0.0511. The summed E-state index contributed by atoms with van der Waals surface area (Å²) >= 11 is 0. The lowest BCUT2D eigenvalue weighted by Gasteiger charge is -2.38. The Labute approximate surface area is 110 Å². The molecular formula is C14H26N2O2. The Morgan fingerprint density at radius 1 is 1.28 bits per heavy atom. The molecule has 1 aliphatic rings. The second kappa shape index (κ2) is 5.72. The average Bonchev–Trinajstić information content (AvgIpc) is 2.24. The van der Waals surface area contributed by atoms with Gasteiger partial charge in [-0.1, -0.05) is 34.1 Å². The number of nitrogens with one attached hydrogen (secondary N) is 1. The highest BCUT2D eigenvalue weighted by Gasteiger charge is 2.37. The van der Waals surface area contributed by atoms with Crippen molar-refractivity contribution < 1.29 is 9.59 Å². The molecule has 0 aromatic heterocycles. The lowest BCUT2D eigenvalue weighted by Crippen LogP contribution is -2.62. The van der Waals surface area contributed by atoms with E-state index in [-0.39, 0.29) is 29.3 Å². The van der Waals surface area contributed by atoms with Gasteiger partial charge in [0.2, 0.25) is 11.8 Å². The van der Waals surface area contributed by atoms with Crippen LogP contribution in [0.2, 0.25) is 0 Å². The Balaban J connectivity index is 2.72. The molecule has 1 rings (SSSR count). The molecule has 1 saturated heterocycles. The highest BCUT2D eigenvalue weighted by atomic mass is 16.2. The Hall–Kier alpha value is -1.06. The Kier molecular flexibility index (Phi) is 4.77. The van der Waals surface area contributed by atoms with Gasteiger partial charge in [0.1, 0.15) is 12.1 Å². The van der Waals surface area contributed by atoms with Gasteiger partial charge in [0.05, 0.1) is 0 Å². The largest absolute Gasteiger partial charge is 0.343 e. The van der Waals surface area contributed by atoms with E-state index in [2.05, 4.69) is 26.1 Å². The fraction of sp³-hybridized carbons (Fsp3) is 0.857. The van der Waals surface area contributed by atoms with E-state index >= 15 is 0 Å². The third-order valence-electron chi connectivity index (χ3n) is 3.42. The van der Waals surface area contributed by atoms with Crippen molar-refractivity contribution in [3.8, 4) is 0 Å². The van der Waals surface area contributed by atoms with E-state index in [1.54, 1.807) is 11.8 Å². The molecule has 4 nitrogen and oxygen atoms in total. The minimum absolute atomic E-state index is 0.0260. The molecule has 104 valence electrons. The van der Waals surface area contributed by atoms with Gasteiger partial charge < -0.3 is 10.2 Å². The molecule has 1 fully saturated rings. The smallest absolute Gasteiger partial charge is 0.245 e. The highest BCUT2D eigenvalue weighted by molar-refractivity contribution is 5.96. The summed E-state index contributed by atoms with van der Waals surface area (Å²) in [5, 5.41) is 2.81. The van der Waals surface area contributed by atoms with Crippen LogP contribution in [-0.4, -0.2) is 35.3 Å². The Morgan fingerprint density at radius 3 is 2.39 bits per heavy atom. The Bertz CT molecular complexity index is 320. The molecule has 1 N–H and O–H groups in total. The summed E-state index contributed by atoms with van der Waals surface area (Å²) in [5.41, 5.74) is 0.175. The van der Waals surface area contributed by atoms with Crippen molar-refractivity contribution in [3.63, 3.8) is 0 Å². The summed E-state index contributed by atoms with van der Waals surface area (Å²) in [6.07, 6.45) is 2.54. The first kappa shape index (κ1) is 15.0. The molecule has 1 aliphatic heterocycles. The van der Waals surface area contributed by atoms with Gasteiger partial charge in [-0.25, -0.2) is 0 Å². The van der Waals surface area contributed by atoms with Gasteiger partial charge in [0.15, 0.2) is 0 Å². The van der Waals surface area contributed by atoms with E-state index in [1.165, 1.54) is 0 Å². The zero-order valence-corrected chi connectivity index (χ0v) is 12.2. The molecule has 18 heavy (non-hydrogen) atoms. The van der Waals surface area contributed by atoms with E-state index in [1.807, 2.05) is 6.92 Å². The zero-order valence-electron chi connectivity index (χ0n) is 12.2. The van der Waals surface area contributed by atoms with Gasteiger partial charge in [0.25, 0.3) is 0 Å². The fourth-order valence-electron chi connectivity index (χ4n) is 2.13. The average molecular weight is 254 g/mol. The van der Waals surface area contributed by atoms with Crippen LogP contribution in [0, 0.1) is 5.41 Å². The summed E-state index contributed by atoms with van der Waals surface area (Å²) in [6.45, 7) is 10.9. The van der Waals surface area contributed by atoms with Crippen molar-refractivity contribution in [2.45, 2.75) is 66.0 Å². The van der Waals surface area contributed by atoms with Crippen LogP contribution in [0.4, 0.5) is 0 Å². The van der Waals surface area contributed by atoms with Crippen LogP contribution in [0.25, 0.3) is 0 Å². The van der Waals surface area contributed by atoms with Gasteiger partial charge in [-0.2, -0.15) is 0 Å². The summed E-state index contributed by atoms with van der Waals surface area (Å²) < 4.78 is 0. The predicted molar refractivity (Wildman–Crippen MR) is 72.1 cm³/mol. The maximum absolute atomic E-state index is 12.3. The van der Waals surface area contributed by atoms with Crippen LogP contribution < -0.4 is 5.32 Å². The van der Waals surface area contributed by atoms with Gasteiger partial charge in [0, 0.05) is 6.54 Å². The topological polar surface area (TPSA) is 49.4 Å². The van der Waals surface area contributed by atoms with Crippen LogP contribution in [0.15, 0.2) is 0 Å². The van der Waals surface area contributed by atoms with Gasteiger partial charge >= 0.3 is 0 Å². The Morgan fingerprint density at radius 2 is 1.89 bits per heavy atom. The number of rotatable bonds is 4. The maximum Gasteiger partial charge on any atom is 0.245 e. The van der Waals surface area contributed by atoms with Crippen molar-refractivity contribution >= 4 is 11.8 Å². The number of carbonyl (C=O) groups excluding carboxylic acids is 2. The van der Waals surface area contributed by atoms with E-state index in [4.69, 9.17) is 0 Å². The van der Waals surface area contributed by atoms with Crippen molar-refractivity contribution in [2.75, 3.05) is 6.54 Å².